The zero-order valence-corrected chi connectivity index (χ0v) is 19.4. The second-order valence-electron chi connectivity index (χ2n) is 8.94. The van der Waals surface area contributed by atoms with Gasteiger partial charge in [0, 0.05) is 23.6 Å². The van der Waals surface area contributed by atoms with Gasteiger partial charge in [-0.2, -0.15) is 0 Å². The van der Waals surface area contributed by atoms with Crippen molar-refractivity contribution in [1.82, 2.24) is 4.72 Å². The zero-order chi connectivity index (χ0) is 22.4. The summed E-state index contributed by atoms with van der Waals surface area (Å²) in [6.07, 6.45) is 2.58. The molecule has 8 heteroatoms. The molecule has 5 nitrogen and oxygen atoms in total. The summed E-state index contributed by atoms with van der Waals surface area (Å²) in [5.41, 5.74) is -0.000360. The molecule has 2 bridgehead atoms. The number of rotatable bonds is 7. The van der Waals surface area contributed by atoms with Crippen LogP contribution in [-0.4, -0.2) is 25.7 Å². The number of nitrogens with one attached hydrogen (secondary N) is 1. The van der Waals surface area contributed by atoms with E-state index in [1.807, 2.05) is 0 Å². The number of fused-ring (bicyclic) bond motifs is 2. The Morgan fingerprint density at radius 2 is 1.94 bits per heavy atom. The lowest BCUT2D eigenvalue weighted by Gasteiger charge is -2.32. The lowest BCUT2D eigenvalue weighted by atomic mass is 9.75. The summed E-state index contributed by atoms with van der Waals surface area (Å²) in [5, 5.41) is 0.409. The van der Waals surface area contributed by atoms with E-state index in [1.165, 1.54) is 12.1 Å². The van der Waals surface area contributed by atoms with Gasteiger partial charge < -0.3 is 9.47 Å². The fourth-order valence-corrected chi connectivity index (χ4v) is 5.80. The topological polar surface area (TPSA) is 64.6 Å². The molecule has 2 aliphatic heterocycles. The first-order valence-electron chi connectivity index (χ1n) is 10.4. The van der Waals surface area contributed by atoms with Crippen LogP contribution in [0.5, 0.6) is 5.75 Å². The van der Waals surface area contributed by atoms with Crippen molar-refractivity contribution >= 4 is 21.6 Å². The molecule has 31 heavy (non-hydrogen) atoms. The van der Waals surface area contributed by atoms with Gasteiger partial charge in [0.15, 0.2) is 0 Å². The first-order chi connectivity index (χ1) is 14.5. The number of hydrogen-bond acceptors (Lipinski definition) is 4. The highest BCUT2D eigenvalue weighted by atomic mass is 35.5. The lowest BCUT2D eigenvalue weighted by molar-refractivity contribution is -0.0770. The summed E-state index contributed by atoms with van der Waals surface area (Å²) in [7, 11) is -3.83. The third kappa shape index (κ3) is 4.21. The molecule has 1 N–H and O–H groups in total. The first-order valence-corrected chi connectivity index (χ1v) is 12.3. The Hall–Kier alpha value is -1.67. The largest absolute Gasteiger partial charge is 0.487 e. The molecule has 2 aliphatic rings. The van der Waals surface area contributed by atoms with Gasteiger partial charge in [-0.25, -0.2) is 17.5 Å². The Morgan fingerprint density at radius 1 is 1.23 bits per heavy atom. The van der Waals surface area contributed by atoms with Crippen molar-refractivity contribution in [3.05, 3.63) is 58.9 Å². The van der Waals surface area contributed by atoms with E-state index in [0.717, 1.165) is 31.4 Å². The average molecular weight is 468 g/mol. The Morgan fingerprint density at radius 3 is 2.58 bits per heavy atom. The molecule has 3 atom stereocenters. The molecule has 0 spiro atoms. The molecule has 0 amide bonds. The van der Waals surface area contributed by atoms with Crippen molar-refractivity contribution in [2.24, 2.45) is 5.92 Å². The molecule has 2 fully saturated rings. The standard InChI is InChI=1S/C23H27ClFNO4S/c1-15(2)23-12-11-22(3,30-23)21(13-23)29-20-6-4-5-19(24)18(20)14-26-31(27,28)17-9-7-16(25)8-10-17/h4-10,15,21,26H,11-14H2,1-3H3/t21-,22+,23-/m1/s1. The van der Waals surface area contributed by atoms with Gasteiger partial charge in [0.1, 0.15) is 23.3 Å². The second kappa shape index (κ2) is 8.03. The van der Waals surface area contributed by atoms with Gasteiger partial charge in [-0.05, 0) is 62.1 Å². The maximum atomic E-state index is 13.1. The van der Waals surface area contributed by atoms with Gasteiger partial charge in [-0.15, -0.1) is 0 Å². The van der Waals surface area contributed by atoms with Crippen LogP contribution in [0.2, 0.25) is 5.02 Å². The molecule has 0 saturated carbocycles. The Bertz CT molecular complexity index is 1080. The SMILES string of the molecule is CC(C)[C@]12CC[C@](C)(O1)[C@H](Oc1cccc(Cl)c1CNS(=O)(=O)c1ccc(F)cc1)C2. The highest BCUT2D eigenvalue weighted by molar-refractivity contribution is 7.89. The minimum Gasteiger partial charge on any atom is -0.487 e. The summed E-state index contributed by atoms with van der Waals surface area (Å²) < 4.78 is 53.8. The molecule has 2 heterocycles. The van der Waals surface area contributed by atoms with E-state index in [2.05, 4.69) is 25.5 Å². The van der Waals surface area contributed by atoms with Gasteiger partial charge in [0.05, 0.1) is 10.5 Å². The summed E-state index contributed by atoms with van der Waals surface area (Å²) >= 11 is 6.41. The predicted molar refractivity (Wildman–Crippen MR) is 117 cm³/mol. The number of benzene rings is 2. The molecule has 0 unspecified atom stereocenters. The van der Waals surface area contributed by atoms with Crippen LogP contribution < -0.4 is 9.46 Å². The number of sulfonamides is 1. The van der Waals surface area contributed by atoms with Gasteiger partial charge in [0.2, 0.25) is 10.0 Å². The Kier molecular flexibility index (Phi) is 5.83. The molecule has 2 saturated heterocycles. The fraction of sp³-hybridized carbons (Fsp3) is 0.478. The van der Waals surface area contributed by atoms with Crippen molar-refractivity contribution in [2.45, 2.75) is 68.8 Å². The van der Waals surface area contributed by atoms with E-state index in [-0.39, 0.29) is 28.7 Å². The number of hydrogen-bond donors (Lipinski definition) is 1. The maximum absolute atomic E-state index is 13.1. The van der Waals surface area contributed by atoms with E-state index in [9.17, 15) is 12.8 Å². The summed E-state index contributed by atoms with van der Waals surface area (Å²) in [4.78, 5) is -0.0173. The van der Waals surface area contributed by atoms with Crippen LogP contribution in [0.4, 0.5) is 4.39 Å². The second-order valence-corrected chi connectivity index (χ2v) is 11.1. The van der Waals surface area contributed by atoms with Crippen LogP contribution in [-0.2, 0) is 21.3 Å². The minimum atomic E-state index is -3.83. The van der Waals surface area contributed by atoms with Crippen LogP contribution in [0.3, 0.4) is 0 Å². The molecular formula is C23H27ClFNO4S. The molecule has 2 aromatic rings. The third-order valence-electron chi connectivity index (χ3n) is 6.65. The van der Waals surface area contributed by atoms with E-state index >= 15 is 0 Å². The first kappa shape index (κ1) is 22.5. The van der Waals surface area contributed by atoms with Gasteiger partial charge >= 0.3 is 0 Å². The molecule has 0 aromatic heterocycles. The van der Waals surface area contributed by atoms with Crippen molar-refractivity contribution in [1.29, 1.82) is 0 Å². The minimum absolute atomic E-state index is 0.0173. The predicted octanol–water partition coefficient (Wildman–Crippen LogP) is 5.07. The molecule has 168 valence electrons. The molecule has 0 radical (unpaired) electrons. The third-order valence-corrected chi connectivity index (χ3v) is 8.42. The van der Waals surface area contributed by atoms with E-state index in [1.54, 1.807) is 18.2 Å². The Balaban J connectivity index is 1.54. The summed E-state index contributed by atoms with van der Waals surface area (Å²) in [5.74, 6) is 0.418. The zero-order valence-electron chi connectivity index (χ0n) is 17.8. The average Bonchev–Trinajstić information content (AvgIpc) is 3.20. The van der Waals surface area contributed by atoms with E-state index < -0.39 is 15.8 Å². The number of ether oxygens (including phenoxy) is 2. The summed E-state index contributed by atoms with van der Waals surface area (Å²) in [6, 6.07) is 9.94. The van der Waals surface area contributed by atoms with Crippen LogP contribution in [0.25, 0.3) is 0 Å². The highest BCUT2D eigenvalue weighted by Gasteiger charge is 2.61. The lowest BCUT2D eigenvalue weighted by Crippen LogP contribution is -2.40. The van der Waals surface area contributed by atoms with Crippen molar-refractivity contribution in [2.75, 3.05) is 0 Å². The van der Waals surface area contributed by atoms with Crippen molar-refractivity contribution in [3.8, 4) is 5.75 Å². The smallest absolute Gasteiger partial charge is 0.240 e. The fourth-order valence-electron chi connectivity index (χ4n) is 4.57. The molecule has 4 rings (SSSR count). The molecular weight excluding hydrogens is 441 g/mol. The summed E-state index contributed by atoms with van der Waals surface area (Å²) in [6.45, 7) is 6.37. The van der Waals surface area contributed by atoms with Gasteiger partial charge in [-0.1, -0.05) is 31.5 Å². The Labute approximate surface area is 187 Å². The van der Waals surface area contributed by atoms with E-state index in [4.69, 9.17) is 21.1 Å². The number of halogens is 2. The van der Waals surface area contributed by atoms with E-state index in [0.29, 0.717) is 22.3 Å². The molecule has 2 aromatic carbocycles. The normalized spacial score (nSPS) is 27.7. The quantitative estimate of drug-likeness (QED) is 0.617. The van der Waals surface area contributed by atoms with Gasteiger partial charge in [0.25, 0.3) is 0 Å². The van der Waals surface area contributed by atoms with Crippen molar-refractivity contribution < 1.29 is 22.3 Å². The monoisotopic (exact) mass is 467 g/mol. The van der Waals surface area contributed by atoms with Crippen LogP contribution >= 0.6 is 11.6 Å². The molecule has 0 aliphatic carbocycles. The maximum Gasteiger partial charge on any atom is 0.240 e. The van der Waals surface area contributed by atoms with Crippen LogP contribution in [0.15, 0.2) is 47.4 Å². The van der Waals surface area contributed by atoms with Crippen LogP contribution in [0.1, 0.15) is 45.6 Å². The highest BCUT2D eigenvalue weighted by Crippen LogP contribution is 2.55. The van der Waals surface area contributed by atoms with Crippen LogP contribution in [0, 0.1) is 11.7 Å². The van der Waals surface area contributed by atoms with Crippen molar-refractivity contribution in [3.63, 3.8) is 0 Å². The van der Waals surface area contributed by atoms with Gasteiger partial charge in [-0.3, -0.25) is 0 Å².